The van der Waals surface area contributed by atoms with E-state index < -0.39 is 16.1 Å². The number of hydrazone groups is 1. The van der Waals surface area contributed by atoms with Crippen molar-refractivity contribution in [1.82, 2.24) is 14.4 Å². The van der Waals surface area contributed by atoms with E-state index in [2.05, 4.69) is 15.1 Å². The molecule has 0 fully saturated rings. The molecule has 7 nitrogen and oxygen atoms in total. The molecule has 1 aliphatic rings. The Hall–Kier alpha value is -3.00. The normalized spacial score (nSPS) is 17.2. The van der Waals surface area contributed by atoms with E-state index in [4.69, 9.17) is 4.74 Å². The van der Waals surface area contributed by atoms with E-state index in [1.165, 1.54) is 0 Å². The molecule has 0 bridgehead atoms. The van der Waals surface area contributed by atoms with Gasteiger partial charge in [0, 0.05) is 6.42 Å². The summed E-state index contributed by atoms with van der Waals surface area (Å²) in [6.07, 6.45) is 3.19. The molecular formula is C19H18N4O3S. The molecule has 0 aliphatic carbocycles. The standard InChI is InChI=1S/C19H18N4O3S/c1-26-14-9-7-13(8-10-14)17-11-19(23(22-17)27(2,24)25)18-12-20-15-5-3-4-6-16(15)21-18/h3-10,12,19H,11H2,1-2H3/t19-/m1/s1. The largest absolute Gasteiger partial charge is 0.497 e. The first-order valence-corrected chi connectivity index (χ1v) is 10.2. The molecule has 0 unspecified atom stereocenters. The molecule has 8 heteroatoms. The lowest BCUT2D eigenvalue weighted by molar-refractivity contribution is 0.368. The third kappa shape index (κ3) is 3.35. The number of ether oxygens (including phenoxy) is 1. The van der Waals surface area contributed by atoms with Crippen LogP contribution in [0.4, 0.5) is 0 Å². The van der Waals surface area contributed by atoms with Crippen molar-refractivity contribution in [3.05, 3.63) is 66.0 Å². The first kappa shape index (κ1) is 17.4. The van der Waals surface area contributed by atoms with Gasteiger partial charge >= 0.3 is 0 Å². The van der Waals surface area contributed by atoms with Crippen molar-refractivity contribution in [2.45, 2.75) is 12.5 Å². The number of hydrogen-bond donors (Lipinski definition) is 0. The highest BCUT2D eigenvalue weighted by Gasteiger charge is 2.35. The lowest BCUT2D eigenvalue weighted by atomic mass is 10.0. The maximum absolute atomic E-state index is 12.3. The second-order valence-electron chi connectivity index (χ2n) is 6.31. The molecule has 0 amide bonds. The molecule has 0 N–H and O–H groups in total. The maximum atomic E-state index is 12.3. The van der Waals surface area contributed by atoms with E-state index in [1.54, 1.807) is 13.3 Å². The van der Waals surface area contributed by atoms with Gasteiger partial charge in [0.2, 0.25) is 10.0 Å². The monoisotopic (exact) mass is 382 g/mol. The van der Waals surface area contributed by atoms with Crippen molar-refractivity contribution < 1.29 is 13.2 Å². The number of fused-ring (bicyclic) bond motifs is 1. The predicted molar refractivity (Wildman–Crippen MR) is 103 cm³/mol. The van der Waals surface area contributed by atoms with Crippen LogP contribution >= 0.6 is 0 Å². The quantitative estimate of drug-likeness (QED) is 0.693. The molecule has 4 rings (SSSR count). The third-order valence-corrected chi connectivity index (χ3v) is 5.46. The molecule has 0 radical (unpaired) electrons. The predicted octanol–water partition coefficient (Wildman–Crippen LogP) is 2.75. The van der Waals surface area contributed by atoms with E-state index in [0.717, 1.165) is 33.0 Å². The second-order valence-corrected chi connectivity index (χ2v) is 8.15. The van der Waals surface area contributed by atoms with Gasteiger partial charge in [-0.1, -0.05) is 12.1 Å². The Morgan fingerprint density at radius 3 is 2.44 bits per heavy atom. The number of hydrogen-bond acceptors (Lipinski definition) is 6. The van der Waals surface area contributed by atoms with Crippen LogP contribution in [-0.2, 0) is 10.0 Å². The third-order valence-electron chi connectivity index (χ3n) is 4.44. The fraction of sp³-hybridized carbons (Fsp3) is 0.211. The molecule has 3 aromatic rings. The summed E-state index contributed by atoms with van der Waals surface area (Å²) in [5.74, 6) is 0.731. The number of para-hydroxylation sites is 2. The van der Waals surface area contributed by atoms with Gasteiger partial charge in [0.1, 0.15) is 11.8 Å². The summed E-state index contributed by atoms with van der Waals surface area (Å²) >= 11 is 0. The van der Waals surface area contributed by atoms with Gasteiger partial charge in [-0.3, -0.25) is 4.98 Å². The van der Waals surface area contributed by atoms with Gasteiger partial charge in [-0.2, -0.15) is 9.52 Å². The Labute approximate surface area is 157 Å². The molecule has 0 spiro atoms. The van der Waals surface area contributed by atoms with E-state index in [0.29, 0.717) is 17.8 Å². The lowest BCUT2D eigenvalue weighted by Crippen LogP contribution is -2.26. The van der Waals surface area contributed by atoms with Gasteiger partial charge in [-0.05, 0) is 42.0 Å². The molecule has 138 valence electrons. The van der Waals surface area contributed by atoms with Crippen molar-refractivity contribution >= 4 is 26.8 Å². The van der Waals surface area contributed by atoms with Gasteiger partial charge in [0.05, 0.1) is 42.0 Å². The Morgan fingerprint density at radius 1 is 1.07 bits per heavy atom. The van der Waals surface area contributed by atoms with Crippen LogP contribution in [0.3, 0.4) is 0 Å². The maximum Gasteiger partial charge on any atom is 0.247 e. The van der Waals surface area contributed by atoms with Crippen LogP contribution in [0.25, 0.3) is 11.0 Å². The number of aromatic nitrogens is 2. The highest BCUT2D eigenvalue weighted by atomic mass is 32.2. The van der Waals surface area contributed by atoms with E-state index >= 15 is 0 Å². The number of nitrogens with zero attached hydrogens (tertiary/aromatic N) is 4. The van der Waals surface area contributed by atoms with Crippen LogP contribution in [0.15, 0.2) is 59.8 Å². The van der Waals surface area contributed by atoms with Crippen molar-refractivity contribution in [3.63, 3.8) is 0 Å². The Morgan fingerprint density at radius 2 is 1.78 bits per heavy atom. The molecule has 1 aliphatic heterocycles. The highest BCUT2D eigenvalue weighted by Crippen LogP contribution is 2.34. The first-order chi connectivity index (χ1) is 13.0. The molecule has 0 saturated carbocycles. The average Bonchev–Trinajstić information content (AvgIpc) is 3.14. The number of sulfonamides is 1. The van der Waals surface area contributed by atoms with E-state index in [9.17, 15) is 8.42 Å². The van der Waals surface area contributed by atoms with Gasteiger partial charge in [0.25, 0.3) is 0 Å². The van der Waals surface area contributed by atoms with Crippen LogP contribution in [0, 0.1) is 0 Å². The zero-order chi connectivity index (χ0) is 19.0. The van der Waals surface area contributed by atoms with Crippen LogP contribution < -0.4 is 4.74 Å². The van der Waals surface area contributed by atoms with Crippen molar-refractivity contribution in [1.29, 1.82) is 0 Å². The molecule has 2 heterocycles. The number of rotatable bonds is 4. The fourth-order valence-electron chi connectivity index (χ4n) is 3.10. The highest BCUT2D eigenvalue weighted by molar-refractivity contribution is 7.88. The van der Waals surface area contributed by atoms with Crippen molar-refractivity contribution in [2.75, 3.05) is 13.4 Å². The Kier molecular flexibility index (Phi) is 4.27. The van der Waals surface area contributed by atoms with Gasteiger partial charge in [0.15, 0.2) is 0 Å². The number of benzene rings is 2. The summed E-state index contributed by atoms with van der Waals surface area (Å²) in [4.78, 5) is 9.03. The summed E-state index contributed by atoms with van der Waals surface area (Å²) in [5, 5.41) is 4.38. The lowest BCUT2D eigenvalue weighted by Gasteiger charge is -2.20. The zero-order valence-electron chi connectivity index (χ0n) is 14.9. The van der Waals surface area contributed by atoms with Crippen LogP contribution in [0.2, 0.25) is 0 Å². The van der Waals surface area contributed by atoms with E-state index in [1.807, 2.05) is 48.5 Å². The van der Waals surface area contributed by atoms with Gasteiger partial charge in [-0.15, -0.1) is 0 Å². The van der Waals surface area contributed by atoms with Crippen molar-refractivity contribution in [3.8, 4) is 5.75 Å². The molecule has 27 heavy (non-hydrogen) atoms. The molecule has 1 aromatic heterocycles. The van der Waals surface area contributed by atoms with Crippen LogP contribution in [0.5, 0.6) is 5.75 Å². The molecule has 1 atom stereocenters. The summed E-state index contributed by atoms with van der Waals surface area (Å²) in [6.45, 7) is 0. The summed E-state index contributed by atoms with van der Waals surface area (Å²) in [7, 11) is -1.95. The smallest absolute Gasteiger partial charge is 0.247 e. The zero-order valence-corrected chi connectivity index (χ0v) is 15.7. The SMILES string of the molecule is COc1ccc(C2=NN(S(C)(=O)=O)[C@@H](c3cnc4ccccc4n3)C2)cc1. The molecule has 2 aromatic carbocycles. The molecule has 0 saturated heterocycles. The Balaban J connectivity index is 1.73. The van der Waals surface area contributed by atoms with E-state index in [-0.39, 0.29) is 0 Å². The van der Waals surface area contributed by atoms with Gasteiger partial charge < -0.3 is 4.74 Å². The Bertz CT molecular complexity index is 1130. The summed E-state index contributed by atoms with van der Waals surface area (Å²) in [6, 6.07) is 14.4. The van der Waals surface area contributed by atoms with Gasteiger partial charge in [-0.25, -0.2) is 13.4 Å². The van der Waals surface area contributed by atoms with Crippen molar-refractivity contribution in [2.24, 2.45) is 5.10 Å². The fourth-order valence-corrected chi connectivity index (χ4v) is 4.00. The molecular weight excluding hydrogens is 364 g/mol. The topological polar surface area (TPSA) is 84.8 Å². The minimum Gasteiger partial charge on any atom is -0.497 e. The van der Waals surface area contributed by atoms with Crippen LogP contribution in [0.1, 0.15) is 23.7 Å². The second kappa shape index (κ2) is 6.62. The number of methoxy groups -OCH3 is 1. The summed E-state index contributed by atoms with van der Waals surface area (Å²) in [5.41, 5.74) is 3.60. The minimum atomic E-state index is -3.55. The average molecular weight is 382 g/mol. The minimum absolute atomic E-state index is 0.423. The summed E-state index contributed by atoms with van der Waals surface area (Å²) < 4.78 is 30.9. The van der Waals surface area contributed by atoms with Crippen LogP contribution in [-0.4, -0.2) is 41.9 Å². The first-order valence-electron chi connectivity index (χ1n) is 8.39.